The van der Waals surface area contributed by atoms with Crippen molar-refractivity contribution in [2.75, 3.05) is 11.9 Å². The van der Waals surface area contributed by atoms with Gasteiger partial charge in [-0.05, 0) is 65.6 Å². The van der Waals surface area contributed by atoms with E-state index in [-0.39, 0.29) is 29.2 Å². The Morgan fingerprint density at radius 2 is 1.51 bits per heavy atom. The largest absolute Gasteiger partial charge is 0.462 e. The normalized spacial score (nSPS) is 11.5. The van der Waals surface area contributed by atoms with Crippen LogP contribution in [0.4, 0.5) is 18.9 Å². The SMILES string of the molecule is CC(C)COc1nc(-c2cccc(C(F)(F)F)c2)n(-c2ccc(NC(=O)c3ccc(-c4ccccc4)cc3)cc2)n1. The minimum atomic E-state index is -4.50. The molecule has 6 nitrogen and oxygen atoms in total. The van der Waals surface area contributed by atoms with Gasteiger partial charge in [-0.3, -0.25) is 4.79 Å². The second kappa shape index (κ2) is 11.7. The molecule has 41 heavy (non-hydrogen) atoms. The number of alkyl halides is 3. The standard InChI is InChI=1S/C32H27F3N4O2/c1-21(2)20-41-31-37-29(25-9-6-10-26(19-25)32(33,34)35)39(38-31)28-17-15-27(16-18-28)36-30(40)24-13-11-23(12-14-24)22-7-4-3-5-8-22/h3-19,21H,20H2,1-2H3,(H,36,40). The van der Waals surface area contributed by atoms with Gasteiger partial charge in [0.15, 0.2) is 5.82 Å². The predicted octanol–water partition coefficient (Wildman–Crippen LogP) is 7.91. The van der Waals surface area contributed by atoms with Crippen LogP contribution in [0.1, 0.15) is 29.8 Å². The minimum Gasteiger partial charge on any atom is -0.462 e. The Morgan fingerprint density at radius 3 is 2.17 bits per heavy atom. The summed E-state index contributed by atoms with van der Waals surface area (Å²) in [5.74, 6) is 0.133. The number of anilines is 1. The van der Waals surface area contributed by atoms with Crippen molar-refractivity contribution in [2.24, 2.45) is 5.92 Å². The molecule has 5 aromatic rings. The summed E-state index contributed by atoms with van der Waals surface area (Å²) in [5.41, 5.74) is 3.10. The molecule has 0 saturated heterocycles. The van der Waals surface area contributed by atoms with Gasteiger partial charge in [-0.25, -0.2) is 4.68 Å². The number of halogens is 3. The molecule has 0 fully saturated rings. The van der Waals surface area contributed by atoms with E-state index in [0.717, 1.165) is 23.3 Å². The molecule has 9 heteroatoms. The Kier molecular flexibility index (Phi) is 7.87. The maximum absolute atomic E-state index is 13.4. The van der Waals surface area contributed by atoms with Crippen LogP contribution in [-0.4, -0.2) is 27.3 Å². The van der Waals surface area contributed by atoms with Crippen molar-refractivity contribution in [3.63, 3.8) is 0 Å². The van der Waals surface area contributed by atoms with E-state index in [0.29, 0.717) is 23.5 Å². The molecule has 5 rings (SSSR count). The summed E-state index contributed by atoms with van der Waals surface area (Å²) >= 11 is 0. The molecule has 1 N–H and O–H groups in total. The van der Waals surface area contributed by atoms with Gasteiger partial charge in [0.2, 0.25) is 0 Å². The van der Waals surface area contributed by atoms with E-state index in [4.69, 9.17) is 4.74 Å². The van der Waals surface area contributed by atoms with Crippen molar-refractivity contribution in [3.05, 3.63) is 114 Å². The summed E-state index contributed by atoms with van der Waals surface area (Å²) in [6, 6.07) is 29.0. The fraction of sp³-hybridized carbons (Fsp3) is 0.156. The molecule has 0 radical (unpaired) electrons. The highest BCUT2D eigenvalue weighted by molar-refractivity contribution is 6.04. The van der Waals surface area contributed by atoms with Crippen molar-refractivity contribution in [2.45, 2.75) is 20.0 Å². The molecular weight excluding hydrogens is 529 g/mol. The molecule has 0 atom stereocenters. The Balaban J connectivity index is 1.38. The van der Waals surface area contributed by atoms with Crippen LogP contribution in [0.15, 0.2) is 103 Å². The summed E-state index contributed by atoms with van der Waals surface area (Å²) in [7, 11) is 0. The Morgan fingerprint density at radius 1 is 0.854 bits per heavy atom. The lowest BCUT2D eigenvalue weighted by Gasteiger charge is -2.10. The second-order valence-corrected chi connectivity index (χ2v) is 9.86. The summed E-state index contributed by atoms with van der Waals surface area (Å²) in [6.07, 6.45) is -4.50. The van der Waals surface area contributed by atoms with Gasteiger partial charge >= 0.3 is 12.2 Å². The minimum absolute atomic E-state index is 0.0578. The fourth-order valence-electron chi connectivity index (χ4n) is 4.13. The van der Waals surface area contributed by atoms with Crippen LogP contribution in [0.2, 0.25) is 0 Å². The first kappa shape index (κ1) is 27.6. The number of nitrogens with zero attached hydrogens (tertiary/aromatic N) is 3. The first-order valence-electron chi connectivity index (χ1n) is 13.0. The van der Waals surface area contributed by atoms with Crippen LogP contribution in [0.25, 0.3) is 28.2 Å². The van der Waals surface area contributed by atoms with E-state index in [1.165, 1.54) is 10.7 Å². The molecule has 1 heterocycles. The van der Waals surface area contributed by atoms with Gasteiger partial charge in [-0.2, -0.15) is 18.2 Å². The number of amides is 1. The Labute approximate surface area is 235 Å². The number of benzene rings is 4. The molecular formula is C32H27F3N4O2. The molecule has 4 aromatic carbocycles. The van der Waals surface area contributed by atoms with Crippen molar-refractivity contribution in [1.29, 1.82) is 0 Å². The number of carbonyl (C=O) groups excluding carboxylic acids is 1. The second-order valence-electron chi connectivity index (χ2n) is 9.86. The van der Waals surface area contributed by atoms with Crippen LogP contribution in [0, 0.1) is 5.92 Å². The maximum atomic E-state index is 13.4. The number of aromatic nitrogens is 3. The van der Waals surface area contributed by atoms with E-state index < -0.39 is 11.7 Å². The van der Waals surface area contributed by atoms with Gasteiger partial charge in [0.1, 0.15) is 0 Å². The van der Waals surface area contributed by atoms with Crippen molar-refractivity contribution in [3.8, 4) is 34.2 Å². The zero-order valence-corrected chi connectivity index (χ0v) is 22.4. The highest BCUT2D eigenvalue weighted by Crippen LogP contribution is 2.33. The van der Waals surface area contributed by atoms with Gasteiger partial charge in [-0.1, -0.05) is 68.4 Å². The molecule has 0 spiro atoms. The highest BCUT2D eigenvalue weighted by atomic mass is 19.4. The summed E-state index contributed by atoms with van der Waals surface area (Å²) in [5, 5.41) is 7.28. The summed E-state index contributed by atoms with van der Waals surface area (Å²) in [6.45, 7) is 4.29. The number of ether oxygens (including phenoxy) is 1. The van der Waals surface area contributed by atoms with Crippen LogP contribution >= 0.6 is 0 Å². The van der Waals surface area contributed by atoms with Gasteiger partial charge in [0, 0.05) is 16.8 Å². The van der Waals surface area contributed by atoms with E-state index in [9.17, 15) is 18.0 Å². The first-order chi connectivity index (χ1) is 19.7. The van der Waals surface area contributed by atoms with Crippen molar-refractivity contribution in [1.82, 2.24) is 14.8 Å². The average Bonchev–Trinajstić information content (AvgIpc) is 3.41. The molecule has 0 aliphatic carbocycles. The third-order valence-corrected chi connectivity index (χ3v) is 6.21. The van der Waals surface area contributed by atoms with Crippen molar-refractivity contribution < 1.29 is 22.7 Å². The smallest absolute Gasteiger partial charge is 0.416 e. The van der Waals surface area contributed by atoms with Gasteiger partial charge in [0.05, 0.1) is 17.9 Å². The van der Waals surface area contributed by atoms with Gasteiger partial charge in [0.25, 0.3) is 5.91 Å². The molecule has 0 bridgehead atoms. The Bertz CT molecular complexity index is 1630. The Hall–Kier alpha value is -4.92. The molecule has 0 aliphatic heterocycles. The maximum Gasteiger partial charge on any atom is 0.416 e. The molecule has 0 aliphatic rings. The molecule has 1 aromatic heterocycles. The number of rotatable bonds is 8. The topological polar surface area (TPSA) is 69.0 Å². The van der Waals surface area contributed by atoms with Gasteiger partial charge < -0.3 is 10.1 Å². The zero-order valence-electron chi connectivity index (χ0n) is 22.4. The van der Waals surface area contributed by atoms with Crippen LogP contribution in [0.5, 0.6) is 6.01 Å². The summed E-state index contributed by atoms with van der Waals surface area (Å²) in [4.78, 5) is 17.2. The lowest BCUT2D eigenvalue weighted by Crippen LogP contribution is -2.11. The van der Waals surface area contributed by atoms with E-state index in [2.05, 4.69) is 15.4 Å². The van der Waals surface area contributed by atoms with Gasteiger partial charge in [-0.15, -0.1) is 5.10 Å². The monoisotopic (exact) mass is 556 g/mol. The number of nitrogens with one attached hydrogen (secondary N) is 1. The number of hydrogen-bond donors (Lipinski definition) is 1. The quantitative estimate of drug-likeness (QED) is 0.211. The zero-order chi connectivity index (χ0) is 29.0. The lowest BCUT2D eigenvalue weighted by molar-refractivity contribution is -0.137. The lowest BCUT2D eigenvalue weighted by atomic mass is 10.0. The van der Waals surface area contributed by atoms with Crippen LogP contribution in [0.3, 0.4) is 0 Å². The van der Waals surface area contributed by atoms with Crippen molar-refractivity contribution >= 4 is 11.6 Å². The molecule has 1 amide bonds. The number of carbonyl (C=O) groups is 1. The average molecular weight is 557 g/mol. The molecule has 0 unspecified atom stereocenters. The third kappa shape index (κ3) is 6.63. The van der Waals surface area contributed by atoms with E-state index in [1.807, 2.05) is 56.3 Å². The number of hydrogen-bond acceptors (Lipinski definition) is 4. The highest BCUT2D eigenvalue weighted by Gasteiger charge is 2.31. The first-order valence-corrected chi connectivity index (χ1v) is 13.0. The third-order valence-electron chi connectivity index (χ3n) is 6.21. The fourth-order valence-corrected chi connectivity index (χ4v) is 4.13. The van der Waals surface area contributed by atoms with Crippen LogP contribution in [-0.2, 0) is 6.18 Å². The predicted molar refractivity (Wildman–Crippen MR) is 152 cm³/mol. The summed E-state index contributed by atoms with van der Waals surface area (Å²) < 4.78 is 47.3. The molecule has 208 valence electrons. The van der Waals surface area contributed by atoms with Crippen LogP contribution < -0.4 is 10.1 Å². The van der Waals surface area contributed by atoms with E-state index in [1.54, 1.807) is 42.5 Å². The molecule has 0 saturated carbocycles. The van der Waals surface area contributed by atoms with E-state index >= 15 is 0 Å².